The molecule has 1 aliphatic rings. The first-order chi connectivity index (χ1) is 13.1. The Morgan fingerprint density at radius 3 is 2.46 bits per heavy atom. The maximum atomic E-state index is 12.7. The number of rotatable bonds is 6. The number of hydrogen-bond donors (Lipinski definition) is 2. The van der Waals surface area contributed by atoms with E-state index in [0.717, 1.165) is 18.4 Å². The highest BCUT2D eigenvalue weighted by Crippen LogP contribution is 2.24. The zero-order chi connectivity index (χ0) is 20.9. The van der Waals surface area contributed by atoms with Crippen LogP contribution < -0.4 is 10.1 Å². The third kappa shape index (κ3) is 5.97. The van der Waals surface area contributed by atoms with Crippen LogP contribution in [0.1, 0.15) is 52.1 Å². The van der Waals surface area contributed by atoms with Gasteiger partial charge < -0.3 is 20.1 Å². The molecule has 0 spiro atoms. The van der Waals surface area contributed by atoms with Gasteiger partial charge in [0.05, 0.1) is 12.0 Å². The molecule has 2 atom stereocenters. The molecule has 2 unspecified atom stereocenters. The van der Waals surface area contributed by atoms with Crippen LogP contribution >= 0.6 is 0 Å². The summed E-state index contributed by atoms with van der Waals surface area (Å²) in [6.45, 7) is 8.34. The summed E-state index contributed by atoms with van der Waals surface area (Å²) in [7, 11) is 0. The van der Waals surface area contributed by atoms with Gasteiger partial charge in [-0.2, -0.15) is 0 Å². The summed E-state index contributed by atoms with van der Waals surface area (Å²) in [6, 6.07) is 6.78. The van der Waals surface area contributed by atoms with Gasteiger partial charge >= 0.3 is 5.97 Å². The molecule has 154 valence electrons. The van der Waals surface area contributed by atoms with Crippen molar-refractivity contribution in [1.82, 2.24) is 10.2 Å². The van der Waals surface area contributed by atoms with Crippen molar-refractivity contribution >= 4 is 17.8 Å². The Kier molecular flexibility index (Phi) is 7.05. The maximum Gasteiger partial charge on any atom is 0.341 e. The molecule has 1 heterocycles. The van der Waals surface area contributed by atoms with Crippen LogP contribution in [0.3, 0.4) is 0 Å². The molecule has 0 radical (unpaired) electrons. The summed E-state index contributed by atoms with van der Waals surface area (Å²) in [6.07, 6.45) is 1.60. The number of carbonyl (C=O) groups is 3. The number of benzene rings is 1. The van der Waals surface area contributed by atoms with Crippen LogP contribution in [-0.4, -0.2) is 47.5 Å². The molecule has 0 aliphatic carbocycles. The SMILES string of the molecule is CC(NC(=O)C1CCCN(C(=O)C(C)(C)C)C1)c1ccc(OCC(=O)O)cc1. The van der Waals surface area contributed by atoms with E-state index in [1.807, 2.05) is 27.7 Å². The van der Waals surface area contributed by atoms with Crippen molar-refractivity contribution in [3.05, 3.63) is 29.8 Å². The Hall–Kier alpha value is -2.57. The first-order valence-corrected chi connectivity index (χ1v) is 9.62. The summed E-state index contributed by atoms with van der Waals surface area (Å²) in [4.78, 5) is 37.6. The predicted molar refractivity (Wildman–Crippen MR) is 105 cm³/mol. The highest BCUT2D eigenvalue weighted by molar-refractivity contribution is 5.84. The molecular formula is C21H30N2O5. The number of aliphatic carboxylic acids is 1. The maximum absolute atomic E-state index is 12.7. The first kappa shape index (κ1) is 21.7. The van der Waals surface area contributed by atoms with Gasteiger partial charge in [-0.1, -0.05) is 32.9 Å². The number of carboxylic acid groups (broad SMARTS) is 1. The number of carboxylic acids is 1. The smallest absolute Gasteiger partial charge is 0.341 e. The Morgan fingerprint density at radius 1 is 1.25 bits per heavy atom. The molecule has 28 heavy (non-hydrogen) atoms. The minimum atomic E-state index is -1.03. The second kappa shape index (κ2) is 9.08. The predicted octanol–water partition coefficient (Wildman–Crippen LogP) is 2.61. The van der Waals surface area contributed by atoms with E-state index in [0.29, 0.717) is 18.8 Å². The van der Waals surface area contributed by atoms with E-state index in [1.54, 1.807) is 29.2 Å². The quantitative estimate of drug-likeness (QED) is 0.778. The summed E-state index contributed by atoms with van der Waals surface area (Å²) < 4.78 is 5.12. The number of hydrogen-bond acceptors (Lipinski definition) is 4. The van der Waals surface area contributed by atoms with Gasteiger partial charge in [-0.25, -0.2) is 4.79 Å². The number of nitrogens with zero attached hydrogens (tertiary/aromatic N) is 1. The van der Waals surface area contributed by atoms with Crippen molar-refractivity contribution in [1.29, 1.82) is 0 Å². The fourth-order valence-electron chi connectivity index (χ4n) is 3.26. The molecule has 1 aromatic rings. The number of amides is 2. The molecule has 0 saturated carbocycles. The van der Waals surface area contributed by atoms with E-state index in [-0.39, 0.29) is 23.8 Å². The van der Waals surface area contributed by atoms with Crippen LogP contribution in [0.25, 0.3) is 0 Å². The molecular weight excluding hydrogens is 360 g/mol. The first-order valence-electron chi connectivity index (χ1n) is 9.62. The minimum absolute atomic E-state index is 0.0508. The van der Waals surface area contributed by atoms with Crippen molar-refractivity contribution in [2.24, 2.45) is 11.3 Å². The molecule has 2 N–H and O–H groups in total. The topological polar surface area (TPSA) is 95.9 Å². The Morgan fingerprint density at radius 2 is 1.89 bits per heavy atom. The fraction of sp³-hybridized carbons (Fsp3) is 0.571. The normalized spacial score (nSPS) is 18.3. The second-order valence-electron chi connectivity index (χ2n) is 8.32. The number of likely N-dealkylation sites (tertiary alicyclic amines) is 1. The zero-order valence-corrected chi connectivity index (χ0v) is 17.0. The number of carbonyl (C=O) groups excluding carboxylic acids is 2. The van der Waals surface area contributed by atoms with Crippen molar-refractivity contribution in [2.75, 3.05) is 19.7 Å². The van der Waals surface area contributed by atoms with Gasteiger partial charge in [0.25, 0.3) is 0 Å². The Labute approximate surface area is 166 Å². The Balaban J connectivity index is 1.92. The van der Waals surface area contributed by atoms with Crippen molar-refractivity contribution < 1.29 is 24.2 Å². The number of nitrogens with one attached hydrogen (secondary N) is 1. The second-order valence-corrected chi connectivity index (χ2v) is 8.32. The third-order valence-electron chi connectivity index (χ3n) is 4.82. The summed E-state index contributed by atoms with van der Waals surface area (Å²) in [5, 5.41) is 11.7. The number of ether oxygens (including phenoxy) is 1. The van der Waals surface area contributed by atoms with Crippen LogP contribution in [0.4, 0.5) is 0 Å². The van der Waals surface area contributed by atoms with Crippen molar-refractivity contribution in [3.8, 4) is 5.75 Å². The molecule has 1 aliphatic heterocycles. The third-order valence-corrected chi connectivity index (χ3v) is 4.82. The van der Waals surface area contributed by atoms with Gasteiger partial charge in [0, 0.05) is 18.5 Å². The largest absolute Gasteiger partial charge is 0.482 e. The lowest BCUT2D eigenvalue weighted by Crippen LogP contribution is -2.48. The van der Waals surface area contributed by atoms with E-state index in [2.05, 4.69) is 5.32 Å². The lowest BCUT2D eigenvalue weighted by Gasteiger charge is -2.36. The fourth-order valence-corrected chi connectivity index (χ4v) is 3.26. The lowest BCUT2D eigenvalue weighted by molar-refractivity contribution is -0.143. The molecule has 2 rings (SSSR count). The van der Waals surface area contributed by atoms with Crippen LogP contribution in [0.2, 0.25) is 0 Å². The lowest BCUT2D eigenvalue weighted by atomic mass is 9.90. The molecule has 1 aromatic carbocycles. The van der Waals surface area contributed by atoms with Crippen LogP contribution in [0.15, 0.2) is 24.3 Å². The van der Waals surface area contributed by atoms with Gasteiger partial charge in [-0.15, -0.1) is 0 Å². The zero-order valence-electron chi connectivity index (χ0n) is 17.0. The van der Waals surface area contributed by atoms with Crippen molar-refractivity contribution in [2.45, 2.75) is 46.6 Å². The highest BCUT2D eigenvalue weighted by Gasteiger charge is 2.33. The summed E-state index contributed by atoms with van der Waals surface area (Å²) >= 11 is 0. The van der Waals surface area contributed by atoms with Crippen LogP contribution in [-0.2, 0) is 14.4 Å². The van der Waals surface area contributed by atoms with Gasteiger partial charge in [-0.05, 0) is 37.5 Å². The van der Waals surface area contributed by atoms with Gasteiger partial charge in [0.2, 0.25) is 11.8 Å². The van der Waals surface area contributed by atoms with E-state index < -0.39 is 18.0 Å². The Bertz CT molecular complexity index is 709. The minimum Gasteiger partial charge on any atom is -0.482 e. The van der Waals surface area contributed by atoms with Crippen molar-refractivity contribution in [3.63, 3.8) is 0 Å². The molecule has 0 bridgehead atoms. The van der Waals surface area contributed by atoms with Crippen LogP contribution in [0, 0.1) is 11.3 Å². The monoisotopic (exact) mass is 390 g/mol. The molecule has 1 fully saturated rings. The van der Waals surface area contributed by atoms with E-state index >= 15 is 0 Å². The molecule has 1 saturated heterocycles. The highest BCUT2D eigenvalue weighted by atomic mass is 16.5. The molecule has 7 heteroatoms. The summed E-state index contributed by atoms with van der Waals surface area (Å²) in [5.41, 5.74) is 0.449. The van der Waals surface area contributed by atoms with Gasteiger partial charge in [0.1, 0.15) is 5.75 Å². The molecule has 0 aromatic heterocycles. The standard InChI is InChI=1S/C21H30N2O5/c1-14(15-7-9-17(10-8-15)28-13-18(24)25)22-19(26)16-6-5-11-23(12-16)20(27)21(2,3)4/h7-10,14,16H,5-6,11-13H2,1-4H3,(H,22,26)(H,24,25). The van der Waals surface area contributed by atoms with Crippen LogP contribution in [0.5, 0.6) is 5.75 Å². The van der Waals surface area contributed by atoms with E-state index in [4.69, 9.17) is 9.84 Å². The molecule has 2 amide bonds. The molecule has 7 nitrogen and oxygen atoms in total. The average molecular weight is 390 g/mol. The number of piperidine rings is 1. The van der Waals surface area contributed by atoms with E-state index in [9.17, 15) is 14.4 Å². The summed E-state index contributed by atoms with van der Waals surface area (Å²) in [5.74, 6) is -0.745. The van der Waals surface area contributed by atoms with E-state index in [1.165, 1.54) is 0 Å². The van der Waals surface area contributed by atoms with Gasteiger partial charge in [0.15, 0.2) is 6.61 Å². The average Bonchev–Trinajstić information content (AvgIpc) is 2.65. The van der Waals surface area contributed by atoms with Gasteiger partial charge in [-0.3, -0.25) is 9.59 Å².